The maximum atomic E-state index is 12.4. The molecule has 0 aliphatic rings. The lowest BCUT2D eigenvalue weighted by molar-refractivity contribution is -0.111. The highest BCUT2D eigenvalue weighted by molar-refractivity contribution is 6.76. The third kappa shape index (κ3) is 4.11. The molecule has 98 valence electrons. The predicted octanol–water partition coefficient (Wildman–Crippen LogP) is 2.59. The summed E-state index contributed by atoms with van der Waals surface area (Å²) >= 11 is 0. The fraction of sp³-hybridized carbons (Fsp3) is 0.429. The second-order valence-electron chi connectivity index (χ2n) is 5.74. The Bertz CT molecular complexity index is 412. The first-order valence-electron chi connectivity index (χ1n) is 6.16. The van der Waals surface area contributed by atoms with Crippen LogP contribution in [0.4, 0.5) is 0 Å². The van der Waals surface area contributed by atoms with Gasteiger partial charge in [-0.15, -0.1) is 0 Å². The normalized spacial score (nSPS) is 12.9. The van der Waals surface area contributed by atoms with E-state index in [1.807, 2.05) is 18.2 Å². The highest BCUT2D eigenvalue weighted by atomic mass is 28.3. The van der Waals surface area contributed by atoms with E-state index in [1.165, 1.54) is 0 Å². The Morgan fingerprint density at radius 2 is 1.83 bits per heavy atom. The van der Waals surface area contributed by atoms with E-state index in [0.29, 0.717) is 11.7 Å². The Morgan fingerprint density at radius 3 is 2.28 bits per heavy atom. The monoisotopic (exact) mass is 263 g/mol. The largest absolute Gasteiger partial charge is 0.332 e. The zero-order valence-electron chi connectivity index (χ0n) is 11.5. The van der Waals surface area contributed by atoms with Crippen LogP contribution in [0.1, 0.15) is 17.3 Å². The molecule has 0 heterocycles. The van der Waals surface area contributed by atoms with Gasteiger partial charge in [-0.3, -0.25) is 4.79 Å². The van der Waals surface area contributed by atoms with Crippen LogP contribution in [0.2, 0.25) is 19.6 Å². The molecule has 1 aromatic carbocycles. The van der Waals surface area contributed by atoms with Gasteiger partial charge >= 0.3 is 0 Å². The highest BCUT2D eigenvalue weighted by Crippen LogP contribution is 2.12. The van der Waals surface area contributed by atoms with Crippen molar-refractivity contribution in [1.29, 1.82) is 0 Å². The first kappa shape index (κ1) is 14.6. The van der Waals surface area contributed by atoms with E-state index in [9.17, 15) is 9.59 Å². The second-order valence-corrected chi connectivity index (χ2v) is 11.2. The molecular formula is C14H21NO2Si. The Labute approximate surface area is 110 Å². The lowest BCUT2D eigenvalue weighted by Crippen LogP contribution is -2.48. The molecule has 1 amide bonds. The van der Waals surface area contributed by atoms with Crippen LogP contribution in [-0.4, -0.2) is 37.4 Å². The maximum absolute atomic E-state index is 12.4. The molecule has 0 aromatic heterocycles. The van der Waals surface area contributed by atoms with Crippen molar-refractivity contribution >= 4 is 20.3 Å². The van der Waals surface area contributed by atoms with Crippen LogP contribution < -0.4 is 0 Å². The standard InChI is InChI=1S/C14H21NO2Si/c1-12(10-16)15(11-18(2,3)4)14(17)13-8-6-5-7-9-13/h5-10,12H,11H2,1-4H3/t12-/m0/s1. The zero-order valence-corrected chi connectivity index (χ0v) is 12.5. The van der Waals surface area contributed by atoms with E-state index in [-0.39, 0.29) is 11.9 Å². The first-order valence-corrected chi connectivity index (χ1v) is 9.87. The fourth-order valence-electron chi connectivity index (χ4n) is 1.73. The van der Waals surface area contributed by atoms with E-state index in [2.05, 4.69) is 19.6 Å². The van der Waals surface area contributed by atoms with E-state index in [4.69, 9.17) is 0 Å². The minimum absolute atomic E-state index is 0.0578. The number of nitrogens with zero attached hydrogens (tertiary/aromatic N) is 1. The Kier molecular flexibility index (Phi) is 4.84. The number of carbonyl (C=O) groups excluding carboxylic acids is 2. The van der Waals surface area contributed by atoms with Crippen molar-refractivity contribution in [3.05, 3.63) is 35.9 Å². The summed E-state index contributed by atoms with van der Waals surface area (Å²) in [6.07, 6.45) is 1.53. The smallest absolute Gasteiger partial charge is 0.254 e. The van der Waals surface area contributed by atoms with Gasteiger partial charge in [-0.1, -0.05) is 37.8 Å². The van der Waals surface area contributed by atoms with Crippen molar-refractivity contribution in [2.45, 2.75) is 32.6 Å². The molecule has 1 aromatic rings. The van der Waals surface area contributed by atoms with Crippen molar-refractivity contribution in [3.63, 3.8) is 0 Å². The quantitative estimate of drug-likeness (QED) is 0.605. The number of benzene rings is 1. The summed E-state index contributed by atoms with van der Waals surface area (Å²) in [5.74, 6) is -0.0578. The topological polar surface area (TPSA) is 37.4 Å². The summed E-state index contributed by atoms with van der Waals surface area (Å²) in [6.45, 7) is 8.34. The average Bonchev–Trinajstić information content (AvgIpc) is 2.34. The number of rotatable bonds is 5. The van der Waals surface area contributed by atoms with E-state index in [0.717, 1.165) is 6.29 Å². The lowest BCUT2D eigenvalue weighted by atomic mass is 10.2. The number of aldehydes is 1. The van der Waals surface area contributed by atoms with Crippen molar-refractivity contribution in [2.75, 3.05) is 6.17 Å². The minimum atomic E-state index is -1.45. The first-order chi connectivity index (χ1) is 8.35. The average molecular weight is 263 g/mol. The van der Waals surface area contributed by atoms with Crippen molar-refractivity contribution in [2.24, 2.45) is 0 Å². The molecule has 3 nitrogen and oxygen atoms in total. The lowest BCUT2D eigenvalue weighted by Gasteiger charge is -2.31. The van der Waals surface area contributed by atoms with Gasteiger partial charge in [0.15, 0.2) is 0 Å². The van der Waals surface area contributed by atoms with Gasteiger partial charge in [-0.2, -0.15) is 0 Å². The molecule has 0 aliphatic carbocycles. The van der Waals surface area contributed by atoms with Crippen molar-refractivity contribution in [3.8, 4) is 0 Å². The van der Waals surface area contributed by atoms with Gasteiger partial charge in [0.25, 0.3) is 5.91 Å². The highest BCUT2D eigenvalue weighted by Gasteiger charge is 2.26. The molecule has 0 saturated carbocycles. The summed E-state index contributed by atoms with van der Waals surface area (Å²) in [4.78, 5) is 25.1. The molecule has 0 radical (unpaired) electrons. The Morgan fingerprint density at radius 1 is 1.28 bits per heavy atom. The molecule has 4 heteroatoms. The molecule has 18 heavy (non-hydrogen) atoms. The van der Waals surface area contributed by atoms with Crippen LogP contribution in [0.5, 0.6) is 0 Å². The molecule has 0 aliphatic heterocycles. The van der Waals surface area contributed by atoms with Gasteiger partial charge in [-0.25, -0.2) is 0 Å². The summed E-state index contributed by atoms with van der Waals surface area (Å²) < 4.78 is 0. The van der Waals surface area contributed by atoms with E-state index in [1.54, 1.807) is 24.0 Å². The van der Waals surface area contributed by atoms with Gasteiger partial charge in [0.05, 0.1) is 14.1 Å². The minimum Gasteiger partial charge on any atom is -0.332 e. The van der Waals surface area contributed by atoms with Crippen LogP contribution in [0.3, 0.4) is 0 Å². The third-order valence-electron chi connectivity index (χ3n) is 2.61. The summed E-state index contributed by atoms with van der Waals surface area (Å²) in [7, 11) is -1.45. The Hall–Kier alpha value is -1.42. The van der Waals surface area contributed by atoms with E-state index >= 15 is 0 Å². The van der Waals surface area contributed by atoms with Crippen LogP contribution in [0.25, 0.3) is 0 Å². The second kappa shape index (κ2) is 5.95. The predicted molar refractivity (Wildman–Crippen MR) is 76.4 cm³/mol. The summed E-state index contributed by atoms with van der Waals surface area (Å²) in [5, 5.41) is 0. The number of carbonyl (C=O) groups is 2. The van der Waals surface area contributed by atoms with Gasteiger partial charge < -0.3 is 9.69 Å². The molecule has 0 bridgehead atoms. The summed E-state index contributed by atoms with van der Waals surface area (Å²) in [5.41, 5.74) is 0.643. The molecule has 0 unspecified atom stereocenters. The molecule has 0 fully saturated rings. The van der Waals surface area contributed by atoms with Gasteiger partial charge in [0, 0.05) is 11.7 Å². The van der Waals surface area contributed by atoms with Crippen LogP contribution >= 0.6 is 0 Å². The molecule has 0 N–H and O–H groups in total. The van der Waals surface area contributed by atoms with Gasteiger partial charge in [0.2, 0.25) is 0 Å². The van der Waals surface area contributed by atoms with E-state index < -0.39 is 8.07 Å². The third-order valence-corrected chi connectivity index (χ3v) is 3.90. The SMILES string of the molecule is C[C@@H](C=O)N(C[Si](C)(C)C)C(=O)c1ccccc1. The number of hydrogen-bond donors (Lipinski definition) is 0. The summed E-state index contributed by atoms with van der Waals surface area (Å²) in [6, 6.07) is 8.76. The number of amides is 1. The molecular weight excluding hydrogens is 242 g/mol. The zero-order chi connectivity index (χ0) is 13.8. The molecule has 1 atom stereocenters. The van der Waals surface area contributed by atoms with Gasteiger partial charge in [-0.05, 0) is 19.1 Å². The van der Waals surface area contributed by atoms with Crippen LogP contribution in [0, 0.1) is 0 Å². The van der Waals surface area contributed by atoms with Crippen molar-refractivity contribution < 1.29 is 9.59 Å². The number of hydrogen-bond acceptors (Lipinski definition) is 2. The maximum Gasteiger partial charge on any atom is 0.254 e. The Balaban J connectivity index is 2.97. The van der Waals surface area contributed by atoms with Crippen LogP contribution in [0.15, 0.2) is 30.3 Å². The fourth-order valence-corrected chi connectivity index (χ4v) is 3.19. The van der Waals surface area contributed by atoms with Crippen molar-refractivity contribution in [1.82, 2.24) is 4.90 Å². The van der Waals surface area contributed by atoms with Crippen LogP contribution in [-0.2, 0) is 4.79 Å². The van der Waals surface area contributed by atoms with Gasteiger partial charge in [0.1, 0.15) is 6.29 Å². The molecule has 1 rings (SSSR count). The molecule has 0 saturated heterocycles. The molecule has 0 spiro atoms.